The molecule has 0 spiro atoms. The number of piperidine rings is 1. The van der Waals surface area contributed by atoms with Crippen LogP contribution in [0.1, 0.15) is 38.3 Å². The second kappa shape index (κ2) is 6.21. The van der Waals surface area contributed by atoms with E-state index < -0.39 is 0 Å². The van der Waals surface area contributed by atoms with Crippen molar-refractivity contribution in [2.75, 3.05) is 13.1 Å². The Labute approximate surface area is 119 Å². The summed E-state index contributed by atoms with van der Waals surface area (Å²) >= 11 is 5.90. The standard InChI is InChI=1S/C15H22ClFN2/c1-10(2)9-19-7-3-4-14(18)15(19)11-5-6-13(17)12(16)8-11/h5-6,8,10,14-15H,3-4,7,9,18H2,1-2H3. The highest BCUT2D eigenvalue weighted by Crippen LogP contribution is 2.32. The van der Waals surface area contributed by atoms with Gasteiger partial charge in [0.1, 0.15) is 5.82 Å². The van der Waals surface area contributed by atoms with E-state index in [0.717, 1.165) is 31.5 Å². The van der Waals surface area contributed by atoms with Gasteiger partial charge in [-0.2, -0.15) is 0 Å². The third-order valence-electron chi connectivity index (χ3n) is 3.67. The Morgan fingerprint density at radius 1 is 1.47 bits per heavy atom. The van der Waals surface area contributed by atoms with Gasteiger partial charge in [0.2, 0.25) is 0 Å². The lowest BCUT2D eigenvalue weighted by Crippen LogP contribution is -2.47. The second-order valence-corrected chi connectivity index (χ2v) is 6.22. The van der Waals surface area contributed by atoms with Crippen LogP contribution < -0.4 is 5.73 Å². The molecule has 2 N–H and O–H groups in total. The number of halogens is 2. The Morgan fingerprint density at radius 2 is 2.21 bits per heavy atom. The average Bonchev–Trinajstić information content (AvgIpc) is 2.32. The van der Waals surface area contributed by atoms with Gasteiger partial charge < -0.3 is 5.73 Å². The summed E-state index contributed by atoms with van der Waals surface area (Å²) in [6.45, 7) is 6.46. The van der Waals surface area contributed by atoms with Gasteiger partial charge in [-0.15, -0.1) is 0 Å². The van der Waals surface area contributed by atoms with E-state index in [1.165, 1.54) is 6.07 Å². The van der Waals surface area contributed by atoms with Crippen molar-refractivity contribution in [2.24, 2.45) is 11.7 Å². The van der Waals surface area contributed by atoms with E-state index in [1.807, 2.05) is 6.07 Å². The molecule has 1 aromatic carbocycles. The van der Waals surface area contributed by atoms with Crippen LogP contribution in [0.4, 0.5) is 4.39 Å². The first kappa shape index (κ1) is 14.8. The topological polar surface area (TPSA) is 29.3 Å². The van der Waals surface area contributed by atoms with E-state index in [9.17, 15) is 4.39 Å². The molecule has 0 aromatic heterocycles. The molecule has 0 radical (unpaired) electrons. The molecule has 1 fully saturated rings. The average molecular weight is 285 g/mol. The fraction of sp³-hybridized carbons (Fsp3) is 0.600. The van der Waals surface area contributed by atoms with Gasteiger partial charge in [0.05, 0.1) is 5.02 Å². The molecule has 2 rings (SSSR count). The molecular formula is C15H22ClFN2. The van der Waals surface area contributed by atoms with E-state index in [2.05, 4.69) is 18.7 Å². The molecule has 0 amide bonds. The molecule has 1 heterocycles. The highest BCUT2D eigenvalue weighted by Gasteiger charge is 2.30. The lowest BCUT2D eigenvalue weighted by Gasteiger charge is -2.41. The molecule has 2 nitrogen and oxygen atoms in total. The lowest BCUT2D eigenvalue weighted by molar-refractivity contribution is 0.114. The minimum atomic E-state index is -0.370. The van der Waals surface area contributed by atoms with Gasteiger partial charge >= 0.3 is 0 Å². The van der Waals surface area contributed by atoms with Crippen molar-refractivity contribution in [2.45, 2.75) is 38.8 Å². The molecule has 2 atom stereocenters. The van der Waals surface area contributed by atoms with Crippen LogP contribution in [0.2, 0.25) is 5.02 Å². The van der Waals surface area contributed by atoms with E-state index in [0.29, 0.717) is 5.92 Å². The summed E-state index contributed by atoms with van der Waals surface area (Å²) in [5.74, 6) is 0.217. The Kier molecular flexibility index (Phi) is 4.82. The molecule has 0 aliphatic carbocycles. The molecule has 0 bridgehead atoms. The molecule has 19 heavy (non-hydrogen) atoms. The summed E-state index contributed by atoms with van der Waals surface area (Å²) in [6.07, 6.45) is 2.13. The summed E-state index contributed by atoms with van der Waals surface area (Å²) in [6, 6.07) is 5.21. The molecule has 2 unspecified atom stereocenters. The predicted molar refractivity (Wildman–Crippen MR) is 77.8 cm³/mol. The molecule has 1 aliphatic heterocycles. The predicted octanol–water partition coefficient (Wildman–Crippen LogP) is 3.60. The van der Waals surface area contributed by atoms with Crippen LogP contribution in [-0.4, -0.2) is 24.0 Å². The summed E-state index contributed by atoms with van der Waals surface area (Å²) in [7, 11) is 0. The number of nitrogens with two attached hydrogens (primary N) is 1. The Bertz CT molecular complexity index is 436. The van der Waals surface area contributed by atoms with Crippen molar-refractivity contribution in [3.05, 3.63) is 34.6 Å². The van der Waals surface area contributed by atoms with Gasteiger partial charge in [-0.05, 0) is 43.0 Å². The number of rotatable bonds is 3. The largest absolute Gasteiger partial charge is 0.326 e. The van der Waals surface area contributed by atoms with Crippen molar-refractivity contribution in [3.63, 3.8) is 0 Å². The van der Waals surface area contributed by atoms with Crippen molar-refractivity contribution in [1.29, 1.82) is 0 Å². The van der Waals surface area contributed by atoms with E-state index in [4.69, 9.17) is 17.3 Å². The smallest absolute Gasteiger partial charge is 0.141 e. The number of benzene rings is 1. The lowest BCUT2D eigenvalue weighted by atomic mass is 9.90. The Hall–Kier alpha value is -0.640. The maximum atomic E-state index is 13.3. The fourth-order valence-corrected chi connectivity index (χ4v) is 3.12. The highest BCUT2D eigenvalue weighted by atomic mass is 35.5. The minimum absolute atomic E-state index is 0.0917. The molecule has 1 saturated heterocycles. The van der Waals surface area contributed by atoms with Gasteiger partial charge in [-0.25, -0.2) is 4.39 Å². The number of likely N-dealkylation sites (tertiary alicyclic amines) is 1. The molecular weight excluding hydrogens is 263 g/mol. The minimum Gasteiger partial charge on any atom is -0.326 e. The summed E-state index contributed by atoms with van der Waals surface area (Å²) in [5, 5.41) is 0.180. The maximum absolute atomic E-state index is 13.3. The third kappa shape index (κ3) is 3.47. The van der Waals surface area contributed by atoms with Gasteiger partial charge in [0, 0.05) is 18.6 Å². The normalized spacial score (nSPS) is 24.9. The first-order chi connectivity index (χ1) is 8.99. The number of hydrogen-bond donors (Lipinski definition) is 1. The summed E-state index contributed by atoms with van der Waals surface area (Å²) < 4.78 is 13.3. The van der Waals surface area contributed by atoms with Crippen LogP contribution >= 0.6 is 11.6 Å². The summed E-state index contributed by atoms with van der Waals surface area (Å²) in [5.41, 5.74) is 7.31. The number of hydrogen-bond acceptors (Lipinski definition) is 2. The Balaban J connectivity index is 2.27. The zero-order chi connectivity index (χ0) is 14.0. The molecule has 4 heteroatoms. The van der Waals surface area contributed by atoms with Gasteiger partial charge in [0.15, 0.2) is 0 Å². The third-order valence-corrected chi connectivity index (χ3v) is 3.96. The number of nitrogens with zero attached hydrogens (tertiary/aromatic N) is 1. The van der Waals surface area contributed by atoms with E-state index in [-0.39, 0.29) is 22.9 Å². The molecule has 1 aliphatic rings. The van der Waals surface area contributed by atoms with Crippen molar-refractivity contribution < 1.29 is 4.39 Å². The van der Waals surface area contributed by atoms with Gasteiger partial charge in [-0.1, -0.05) is 31.5 Å². The van der Waals surface area contributed by atoms with Gasteiger partial charge in [-0.3, -0.25) is 4.90 Å². The zero-order valence-corrected chi connectivity index (χ0v) is 12.3. The van der Waals surface area contributed by atoms with Crippen molar-refractivity contribution in [3.8, 4) is 0 Å². The highest BCUT2D eigenvalue weighted by molar-refractivity contribution is 6.30. The second-order valence-electron chi connectivity index (χ2n) is 5.81. The quantitative estimate of drug-likeness (QED) is 0.919. The van der Waals surface area contributed by atoms with Crippen LogP contribution in [0.25, 0.3) is 0 Å². The van der Waals surface area contributed by atoms with Crippen LogP contribution in [0.5, 0.6) is 0 Å². The van der Waals surface area contributed by atoms with Crippen LogP contribution in [0.3, 0.4) is 0 Å². The van der Waals surface area contributed by atoms with E-state index >= 15 is 0 Å². The van der Waals surface area contributed by atoms with E-state index in [1.54, 1.807) is 6.07 Å². The summed E-state index contributed by atoms with van der Waals surface area (Å²) in [4.78, 5) is 2.41. The first-order valence-corrected chi connectivity index (χ1v) is 7.31. The Morgan fingerprint density at radius 3 is 2.84 bits per heavy atom. The molecule has 106 valence electrons. The monoisotopic (exact) mass is 284 g/mol. The maximum Gasteiger partial charge on any atom is 0.141 e. The first-order valence-electron chi connectivity index (χ1n) is 6.93. The SMILES string of the molecule is CC(C)CN1CCCC(N)C1c1ccc(F)c(Cl)c1. The van der Waals surface area contributed by atoms with Gasteiger partial charge in [0.25, 0.3) is 0 Å². The van der Waals surface area contributed by atoms with Crippen LogP contribution in [0.15, 0.2) is 18.2 Å². The fourth-order valence-electron chi connectivity index (χ4n) is 2.93. The molecule has 1 aromatic rings. The molecule has 0 saturated carbocycles. The van der Waals surface area contributed by atoms with Crippen LogP contribution in [-0.2, 0) is 0 Å². The zero-order valence-electron chi connectivity index (χ0n) is 11.6. The van der Waals surface area contributed by atoms with Crippen LogP contribution in [0, 0.1) is 11.7 Å². The van der Waals surface area contributed by atoms with Crippen molar-refractivity contribution >= 4 is 11.6 Å². The van der Waals surface area contributed by atoms with Crippen molar-refractivity contribution in [1.82, 2.24) is 4.90 Å².